The molecule has 0 amide bonds. The predicted octanol–water partition coefficient (Wildman–Crippen LogP) is 10.2. The highest BCUT2D eigenvalue weighted by atomic mass is 28.3. The van der Waals surface area contributed by atoms with Crippen molar-refractivity contribution < 1.29 is 4.42 Å². The molecule has 0 radical (unpaired) electrons. The molecule has 0 saturated carbocycles. The van der Waals surface area contributed by atoms with Gasteiger partial charge in [-0.3, -0.25) is 0 Å². The van der Waals surface area contributed by atoms with Gasteiger partial charge in [0.2, 0.25) is 0 Å². The molecule has 1 aromatic heterocycles. The molecule has 5 aromatic rings. The first-order valence-corrected chi connectivity index (χ1v) is 18.0. The van der Waals surface area contributed by atoms with Crippen molar-refractivity contribution in [2.45, 2.75) is 51.6 Å². The van der Waals surface area contributed by atoms with E-state index in [9.17, 15) is 0 Å². The molecule has 0 aliphatic heterocycles. The topological polar surface area (TPSA) is 13.1 Å². The van der Waals surface area contributed by atoms with Crippen molar-refractivity contribution in [3.63, 3.8) is 0 Å². The Labute approximate surface area is 263 Å². The van der Waals surface area contributed by atoms with Crippen LogP contribution in [0.3, 0.4) is 0 Å². The van der Waals surface area contributed by atoms with E-state index in [0.717, 1.165) is 5.76 Å². The Morgan fingerprint density at radius 3 is 1.84 bits per heavy atom. The Hall–Kier alpha value is -4.40. The number of furan rings is 1. The Kier molecular flexibility index (Phi) is 7.26. The summed E-state index contributed by atoms with van der Waals surface area (Å²) < 4.78 is 6.30. The highest BCUT2D eigenvalue weighted by Gasteiger charge is 2.56. The lowest BCUT2D eigenvalue weighted by Gasteiger charge is -2.46. The lowest BCUT2D eigenvalue weighted by Crippen LogP contribution is -2.66. The van der Waals surface area contributed by atoms with Crippen LogP contribution in [0.15, 0.2) is 149 Å². The molecule has 2 atom stereocenters. The third-order valence-electron chi connectivity index (χ3n) is 10.1. The molecule has 2 aliphatic rings. The smallest absolute Gasteiger partial charge is 0.140 e. The van der Waals surface area contributed by atoms with Crippen molar-refractivity contribution >= 4 is 30.1 Å². The fourth-order valence-corrected chi connectivity index (χ4v) is 14.7. The molecule has 0 bridgehead atoms. The summed E-state index contributed by atoms with van der Waals surface area (Å²) in [6.45, 7) is 11.5. The van der Waals surface area contributed by atoms with Crippen LogP contribution in [0.2, 0.25) is 5.54 Å². The third-order valence-corrected chi connectivity index (χ3v) is 16.0. The molecule has 0 fully saturated rings. The molecular weight excluding hydrogens is 549 g/mol. The first-order chi connectivity index (χ1) is 21.4. The van der Waals surface area contributed by atoms with E-state index < -0.39 is 8.07 Å². The minimum atomic E-state index is -2.72. The van der Waals surface area contributed by atoms with Crippen LogP contribution in [0.25, 0.3) is 22.8 Å². The fraction of sp³-hybridized carbons (Fsp3) is 0.190. The second-order valence-corrected chi connectivity index (χ2v) is 16.9. The number of rotatable bonds is 7. The van der Waals surface area contributed by atoms with Crippen LogP contribution in [0.1, 0.15) is 68.5 Å². The van der Waals surface area contributed by atoms with Gasteiger partial charge in [-0.05, 0) is 72.7 Å². The molecule has 2 aliphatic carbocycles. The van der Waals surface area contributed by atoms with Gasteiger partial charge in [0, 0.05) is 16.7 Å². The molecule has 218 valence electrons. The molecule has 7 rings (SSSR count). The average molecular weight is 589 g/mol. The van der Waals surface area contributed by atoms with Crippen molar-refractivity contribution in [3.05, 3.63) is 167 Å². The van der Waals surface area contributed by atoms with Crippen LogP contribution >= 0.6 is 0 Å². The number of allylic oxidation sites excluding steroid dienone is 5. The zero-order valence-electron chi connectivity index (χ0n) is 26.3. The molecule has 4 aromatic carbocycles. The SMILES string of the molecule is CC1=CC(C)=C(C)C1[Si](c1ccccc1)(c1ccccc1)C1C(c2ccco2)=Cc2c(-c3ccc(C(C)C)cc3)cccc21. The molecular formula is C42H40OSi. The number of hydrogen-bond donors (Lipinski definition) is 0. The monoisotopic (exact) mass is 588 g/mol. The lowest BCUT2D eigenvalue weighted by atomic mass is 9.94. The van der Waals surface area contributed by atoms with Gasteiger partial charge in [-0.15, -0.1) is 0 Å². The molecule has 1 nitrogen and oxygen atoms in total. The van der Waals surface area contributed by atoms with E-state index in [2.05, 4.69) is 156 Å². The van der Waals surface area contributed by atoms with E-state index in [0.29, 0.717) is 11.5 Å². The Morgan fingerprint density at radius 2 is 1.30 bits per heavy atom. The third kappa shape index (κ3) is 4.43. The largest absolute Gasteiger partial charge is 0.465 e. The average Bonchev–Trinajstić information content (AvgIpc) is 3.78. The molecule has 0 saturated heterocycles. The quantitative estimate of drug-likeness (QED) is 0.172. The van der Waals surface area contributed by atoms with Gasteiger partial charge >= 0.3 is 0 Å². The van der Waals surface area contributed by atoms with Crippen molar-refractivity contribution in [1.29, 1.82) is 0 Å². The first kappa shape index (κ1) is 28.4. The second-order valence-electron chi connectivity index (χ2n) is 12.9. The Morgan fingerprint density at radius 1 is 0.636 bits per heavy atom. The fourth-order valence-electron chi connectivity index (χ4n) is 8.08. The number of fused-ring (bicyclic) bond motifs is 1. The summed E-state index contributed by atoms with van der Waals surface area (Å²) in [5.41, 5.74) is 12.8. The van der Waals surface area contributed by atoms with Gasteiger partial charge in [0.25, 0.3) is 0 Å². The van der Waals surface area contributed by atoms with Crippen LogP contribution in [-0.2, 0) is 0 Å². The number of benzene rings is 4. The highest BCUT2D eigenvalue weighted by molar-refractivity contribution is 7.06. The van der Waals surface area contributed by atoms with Gasteiger partial charge in [-0.25, -0.2) is 0 Å². The van der Waals surface area contributed by atoms with Crippen LogP contribution in [0.5, 0.6) is 0 Å². The summed E-state index contributed by atoms with van der Waals surface area (Å²) in [4.78, 5) is 0. The second kappa shape index (κ2) is 11.3. The van der Waals surface area contributed by atoms with Crippen molar-refractivity contribution in [1.82, 2.24) is 0 Å². The maximum Gasteiger partial charge on any atom is 0.140 e. The normalized spacial score (nSPS) is 18.0. The summed E-state index contributed by atoms with van der Waals surface area (Å²) in [5, 5.41) is 2.92. The minimum Gasteiger partial charge on any atom is -0.465 e. The summed E-state index contributed by atoms with van der Waals surface area (Å²) in [6, 6.07) is 43.2. The van der Waals surface area contributed by atoms with Gasteiger partial charge in [0.1, 0.15) is 13.8 Å². The Bertz CT molecular complexity index is 1850. The summed E-state index contributed by atoms with van der Waals surface area (Å²) >= 11 is 0. The predicted molar refractivity (Wildman–Crippen MR) is 189 cm³/mol. The summed E-state index contributed by atoms with van der Waals surface area (Å²) in [6.07, 6.45) is 6.72. The van der Waals surface area contributed by atoms with Crippen molar-refractivity contribution in [2.24, 2.45) is 0 Å². The molecule has 44 heavy (non-hydrogen) atoms. The van der Waals surface area contributed by atoms with E-state index in [-0.39, 0.29) is 5.54 Å². The summed E-state index contributed by atoms with van der Waals surface area (Å²) in [5.74, 6) is 1.47. The van der Waals surface area contributed by atoms with Crippen LogP contribution in [0, 0.1) is 0 Å². The van der Waals surface area contributed by atoms with E-state index in [1.807, 2.05) is 12.3 Å². The van der Waals surface area contributed by atoms with E-state index >= 15 is 0 Å². The van der Waals surface area contributed by atoms with Crippen LogP contribution in [0.4, 0.5) is 0 Å². The first-order valence-electron chi connectivity index (χ1n) is 15.9. The summed E-state index contributed by atoms with van der Waals surface area (Å²) in [7, 11) is -2.72. The Balaban J connectivity index is 1.57. The molecule has 0 N–H and O–H groups in total. The standard InChI is InChI=1S/C42H40OSi/c1-28(2)32-21-23-33(24-22-32)36-18-12-19-37-38(36)27-39(40-20-13-25-43-40)42(37)44(34-14-8-6-9-15-34,35-16-10-7-11-17-35)41-30(4)26-29(3)31(41)5/h6-28,41-42H,1-5H3. The van der Waals surface area contributed by atoms with Gasteiger partial charge in [0.15, 0.2) is 0 Å². The maximum absolute atomic E-state index is 6.30. The van der Waals surface area contributed by atoms with E-state index in [1.165, 1.54) is 60.5 Å². The number of hydrogen-bond acceptors (Lipinski definition) is 1. The highest BCUT2D eigenvalue weighted by Crippen LogP contribution is 2.56. The van der Waals surface area contributed by atoms with Gasteiger partial charge < -0.3 is 4.42 Å². The van der Waals surface area contributed by atoms with Gasteiger partial charge in [0.05, 0.1) is 6.26 Å². The van der Waals surface area contributed by atoms with Crippen molar-refractivity contribution in [3.8, 4) is 11.1 Å². The zero-order valence-corrected chi connectivity index (χ0v) is 27.3. The molecule has 2 unspecified atom stereocenters. The minimum absolute atomic E-state index is 0.150. The van der Waals surface area contributed by atoms with Crippen LogP contribution in [-0.4, -0.2) is 8.07 Å². The molecule has 0 spiro atoms. The van der Waals surface area contributed by atoms with E-state index in [4.69, 9.17) is 4.42 Å². The molecule has 1 heterocycles. The van der Waals surface area contributed by atoms with Gasteiger partial charge in [-0.2, -0.15) is 0 Å². The maximum atomic E-state index is 6.30. The van der Waals surface area contributed by atoms with Gasteiger partial charge in [-0.1, -0.05) is 150 Å². The van der Waals surface area contributed by atoms with Crippen molar-refractivity contribution in [2.75, 3.05) is 0 Å². The molecule has 2 heteroatoms. The zero-order chi connectivity index (χ0) is 30.4. The van der Waals surface area contributed by atoms with Crippen LogP contribution < -0.4 is 10.4 Å². The lowest BCUT2D eigenvalue weighted by molar-refractivity contribution is 0.551. The van der Waals surface area contributed by atoms with E-state index in [1.54, 1.807) is 0 Å².